The molecule has 0 spiro atoms. The first kappa shape index (κ1) is 19.4. The van der Waals surface area contributed by atoms with Gasteiger partial charge < -0.3 is 15.4 Å². The van der Waals surface area contributed by atoms with Crippen LogP contribution in [-0.2, 0) is 16.4 Å². The number of amides is 2. The number of methoxy groups -OCH3 is 1. The molecule has 2 aromatic rings. The van der Waals surface area contributed by atoms with E-state index in [0.717, 1.165) is 11.9 Å². The van der Waals surface area contributed by atoms with Crippen LogP contribution in [0, 0.1) is 0 Å². The van der Waals surface area contributed by atoms with Crippen LogP contribution in [0.15, 0.2) is 36.8 Å². The fraction of sp³-hybridized carbons (Fsp3) is 0.312. The van der Waals surface area contributed by atoms with E-state index in [1.54, 1.807) is 30.7 Å². The molecule has 0 fully saturated rings. The van der Waals surface area contributed by atoms with Gasteiger partial charge in [0.2, 0.25) is 10.0 Å². The maximum atomic E-state index is 12.1. The molecule has 0 aliphatic carbocycles. The van der Waals surface area contributed by atoms with Gasteiger partial charge in [-0.1, -0.05) is 0 Å². The number of nitrogens with one attached hydrogen (secondary N) is 3. The van der Waals surface area contributed by atoms with Gasteiger partial charge in [-0.3, -0.25) is 14.7 Å². The van der Waals surface area contributed by atoms with Gasteiger partial charge >= 0.3 is 6.03 Å². The summed E-state index contributed by atoms with van der Waals surface area (Å²) in [4.78, 5) is 20.3. The van der Waals surface area contributed by atoms with Crippen LogP contribution in [0.3, 0.4) is 0 Å². The van der Waals surface area contributed by atoms with E-state index in [0.29, 0.717) is 17.9 Å². The summed E-state index contributed by atoms with van der Waals surface area (Å²) in [6.07, 6.45) is 6.39. The lowest BCUT2D eigenvalue weighted by atomic mass is 10.2. The van der Waals surface area contributed by atoms with Gasteiger partial charge in [-0.05, 0) is 25.1 Å². The second kappa shape index (κ2) is 8.48. The van der Waals surface area contributed by atoms with Crippen molar-refractivity contribution in [1.29, 1.82) is 0 Å². The van der Waals surface area contributed by atoms with E-state index in [4.69, 9.17) is 4.74 Å². The number of aromatic nitrogens is 2. The van der Waals surface area contributed by atoms with E-state index in [2.05, 4.69) is 25.3 Å². The largest absolute Gasteiger partial charge is 0.495 e. The number of rotatable bonds is 7. The maximum Gasteiger partial charge on any atom is 0.319 e. The number of carbonyl (C=O) groups excluding carboxylic acids is 1. The number of benzene rings is 1. The quantitative estimate of drug-likeness (QED) is 0.672. The molecule has 140 valence electrons. The van der Waals surface area contributed by atoms with E-state index in [1.165, 1.54) is 13.2 Å². The number of hydrogen-bond acceptors (Lipinski definition) is 6. The number of sulfonamides is 1. The highest BCUT2D eigenvalue weighted by Crippen LogP contribution is 2.28. The van der Waals surface area contributed by atoms with Gasteiger partial charge in [0.25, 0.3) is 0 Å². The van der Waals surface area contributed by atoms with Crippen LogP contribution in [0.4, 0.5) is 16.2 Å². The van der Waals surface area contributed by atoms with Gasteiger partial charge in [0.15, 0.2) is 0 Å². The molecule has 1 aromatic carbocycles. The monoisotopic (exact) mass is 379 g/mol. The first-order chi connectivity index (χ1) is 12.3. The van der Waals surface area contributed by atoms with E-state index in [9.17, 15) is 13.2 Å². The van der Waals surface area contributed by atoms with Gasteiger partial charge in [-0.2, -0.15) is 0 Å². The molecule has 9 nitrogen and oxygen atoms in total. The topological polar surface area (TPSA) is 122 Å². The molecule has 10 heteroatoms. The molecule has 2 rings (SSSR count). The average molecular weight is 379 g/mol. The SMILES string of the molecule is COc1ccc(NC(=O)N[C@H](C)Cc2cnccn2)cc1NS(C)(=O)=O. The number of ether oxygens (including phenoxy) is 1. The number of hydrogen-bond donors (Lipinski definition) is 3. The summed E-state index contributed by atoms with van der Waals surface area (Å²) < 4.78 is 30.4. The first-order valence-corrected chi connectivity index (χ1v) is 9.64. The number of nitrogens with zero attached hydrogens (tertiary/aromatic N) is 2. The fourth-order valence-corrected chi connectivity index (χ4v) is 2.82. The zero-order chi connectivity index (χ0) is 19.2. The van der Waals surface area contributed by atoms with Crippen LogP contribution in [0.25, 0.3) is 0 Å². The molecule has 1 heterocycles. The van der Waals surface area contributed by atoms with E-state index in [-0.39, 0.29) is 11.7 Å². The van der Waals surface area contributed by atoms with Crippen LogP contribution in [0.2, 0.25) is 0 Å². The Hall–Kier alpha value is -2.88. The fourth-order valence-electron chi connectivity index (χ4n) is 2.26. The van der Waals surface area contributed by atoms with Gasteiger partial charge in [0, 0.05) is 36.7 Å². The Kier molecular flexibility index (Phi) is 6.34. The Bertz CT molecular complexity index is 858. The van der Waals surface area contributed by atoms with Crippen molar-refractivity contribution in [2.45, 2.75) is 19.4 Å². The molecule has 1 atom stereocenters. The number of urea groups is 1. The smallest absolute Gasteiger partial charge is 0.319 e. The standard InChI is InChI=1S/C16H21N5O4S/c1-11(8-13-10-17-6-7-18-13)19-16(22)20-12-4-5-15(25-2)14(9-12)21-26(3,23)24/h4-7,9-11,21H,8H2,1-3H3,(H2,19,20,22)/t11-/m1/s1. The van der Waals surface area contributed by atoms with Crippen LogP contribution < -0.4 is 20.1 Å². The molecule has 0 bridgehead atoms. The third-order valence-corrected chi connectivity index (χ3v) is 3.85. The van der Waals surface area contributed by atoms with Crippen molar-refractivity contribution < 1.29 is 17.9 Å². The van der Waals surface area contributed by atoms with Gasteiger partial charge in [-0.25, -0.2) is 13.2 Å². The number of anilines is 2. The Morgan fingerprint density at radius 1 is 1.31 bits per heavy atom. The summed E-state index contributed by atoms with van der Waals surface area (Å²) in [6.45, 7) is 1.85. The molecule has 0 radical (unpaired) electrons. The summed E-state index contributed by atoms with van der Waals surface area (Å²) in [5.74, 6) is 0.345. The molecule has 0 aliphatic rings. The van der Waals surface area contributed by atoms with Crippen molar-refractivity contribution in [3.63, 3.8) is 0 Å². The molecule has 3 N–H and O–H groups in total. The minimum Gasteiger partial charge on any atom is -0.495 e. The molecule has 0 aliphatic heterocycles. The summed E-state index contributed by atoms with van der Waals surface area (Å²) >= 11 is 0. The summed E-state index contributed by atoms with van der Waals surface area (Å²) in [5, 5.41) is 5.45. The molecular formula is C16H21N5O4S. The van der Waals surface area contributed by atoms with Crippen LogP contribution in [-0.4, -0.2) is 43.8 Å². The van der Waals surface area contributed by atoms with Crippen molar-refractivity contribution in [3.8, 4) is 5.75 Å². The lowest BCUT2D eigenvalue weighted by Crippen LogP contribution is -2.37. The van der Waals surface area contributed by atoms with Gasteiger partial charge in [0.1, 0.15) is 5.75 Å². The molecule has 26 heavy (non-hydrogen) atoms. The molecule has 0 saturated heterocycles. The normalized spacial score (nSPS) is 12.1. The molecule has 1 aromatic heterocycles. The Morgan fingerprint density at radius 3 is 2.69 bits per heavy atom. The van der Waals surface area contributed by atoms with E-state index >= 15 is 0 Å². The highest BCUT2D eigenvalue weighted by molar-refractivity contribution is 7.92. The van der Waals surface area contributed by atoms with Crippen molar-refractivity contribution in [2.24, 2.45) is 0 Å². The molecule has 2 amide bonds. The van der Waals surface area contributed by atoms with Crippen molar-refractivity contribution >= 4 is 27.4 Å². The summed E-state index contributed by atoms with van der Waals surface area (Å²) in [6, 6.07) is 4.06. The zero-order valence-corrected chi connectivity index (χ0v) is 15.5. The Morgan fingerprint density at radius 2 is 2.08 bits per heavy atom. The molecule has 0 saturated carbocycles. The molecule has 0 unspecified atom stereocenters. The zero-order valence-electron chi connectivity index (χ0n) is 14.7. The van der Waals surface area contributed by atoms with Crippen molar-refractivity contribution in [1.82, 2.24) is 15.3 Å². The van der Waals surface area contributed by atoms with E-state index in [1.807, 2.05) is 6.92 Å². The summed E-state index contributed by atoms with van der Waals surface area (Å²) in [5.41, 5.74) is 1.42. The van der Waals surface area contributed by atoms with E-state index < -0.39 is 16.1 Å². The lowest BCUT2D eigenvalue weighted by molar-refractivity contribution is 0.249. The third-order valence-electron chi connectivity index (χ3n) is 3.26. The Labute approximate surface area is 152 Å². The Balaban J connectivity index is 2.00. The maximum absolute atomic E-state index is 12.1. The summed E-state index contributed by atoms with van der Waals surface area (Å²) in [7, 11) is -2.05. The first-order valence-electron chi connectivity index (χ1n) is 7.75. The average Bonchev–Trinajstić information content (AvgIpc) is 2.54. The van der Waals surface area contributed by atoms with Gasteiger partial charge in [0.05, 0.1) is 24.7 Å². The third kappa shape index (κ3) is 6.20. The second-order valence-corrected chi connectivity index (χ2v) is 7.44. The minimum atomic E-state index is -3.48. The second-order valence-electron chi connectivity index (χ2n) is 5.69. The van der Waals surface area contributed by atoms with Crippen molar-refractivity contribution in [3.05, 3.63) is 42.5 Å². The highest BCUT2D eigenvalue weighted by Gasteiger charge is 2.12. The van der Waals surface area contributed by atoms with Crippen LogP contribution in [0.5, 0.6) is 5.75 Å². The predicted molar refractivity (Wildman–Crippen MR) is 98.8 cm³/mol. The molecular weight excluding hydrogens is 358 g/mol. The predicted octanol–water partition coefficient (Wildman–Crippen LogP) is 1.61. The van der Waals surface area contributed by atoms with Gasteiger partial charge in [-0.15, -0.1) is 0 Å². The van der Waals surface area contributed by atoms with Crippen LogP contribution in [0.1, 0.15) is 12.6 Å². The number of carbonyl (C=O) groups is 1. The minimum absolute atomic E-state index is 0.168. The highest BCUT2D eigenvalue weighted by atomic mass is 32.2. The van der Waals surface area contributed by atoms with Crippen molar-refractivity contribution in [2.75, 3.05) is 23.4 Å². The van der Waals surface area contributed by atoms with Crippen LogP contribution >= 0.6 is 0 Å². The lowest BCUT2D eigenvalue weighted by Gasteiger charge is -2.15.